The Bertz CT molecular complexity index is 1020. The van der Waals surface area contributed by atoms with Gasteiger partial charge in [0, 0.05) is 43.4 Å². The summed E-state index contributed by atoms with van der Waals surface area (Å²) in [5.74, 6) is 0.339. The van der Waals surface area contributed by atoms with Crippen molar-refractivity contribution >= 4 is 33.0 Å². The van der Waals surface area contributed by atoms with E-state index in [0.717, 1.165) is 29.2 Å². The van der Waals surface area contributed by atoms with E-state index in [2.05, 4.69) is 5.38 Å². The second kappa shape index (κ2) is 9.76. The van der Waals surface area contributed by atoms with Crippen LogP contribution in [0.25, 0.3) is 0 Å². The van der Waals surface area contributed by atoms with E-state index in [1.165, 1.54) is 6.26 Å². The van der Waals surface area contributed by atoms with E-state index >= 15 is 0 Å². The van der Waals surface area contributed by atoms with Crippen molar-refractivity contribution in [3.05, 3.63) is 40.3 Å². The number of aromatic nitrogens is 1. The maximum atomic E-state index is 11.8. The number of piperidine rings is 1. The molecule has 0 unspecified atom stereocenters. The van der Waals surface area contributed by atoms with Gasteiger partial charge in [-0.25, -0.2) is 18.2 Å². The number of thiazole rings is 1. The van der Waals surface area contributed by atoms with Gasteiger partial charge in [-0.2, -0.15) is 0 Å². The fourth-order valence-corrected chi connectivity index (χ4v) is 5.05. The first-order chi connectivity index (χ1) is 14.9. The molecule has 0 atom stereocenters. The van der Waals surface area contributed by atoms with Crippen LogP contribution in [-0.4, -0.2) is 56.6 Å². The SMILES string of the molecule is CN(Cc1csc(C2CCN(OC(=O)OC(C)(C)C)CC2)n1)c1ccc(S(C)(=O)=O)cc1. The van der Waals surface area contributed by atoms with Crippen molar-refractivity contribution in [2.24, 2.45) is 0 Å². The van der Waals surface area contributed by atoms with E-state index < -0.39 is 21.6 Å². The zero-order valence-corrected chi connectivity index (χ0v) is 20.8. The van der Waals surface area contributed by atoms with Crippen LogP contribution in [0.15, 0.2) is 34.5 Å². The number of hydrogen-bond acceptors (Lipinski definition) is 9. The largest absolute Gasteiger partial charge is 0.528 e. The number of ether oxygens (including phenoxy) is 1. The van der Waals surface area contributed by atoms with Crippen LogP contribution < -0.4 is 4.90 Å². The summed E-state index contributed by atoms with van der Waals surface area (Å²) < 4.78 is 28.5. The van der Waals surface area contributed by atoms with Crippen LogP contribution in [0.1, 0.15) is 50.2 Å². The molecule has 1 aliphatic heterocycles. The van der Waals surface area contributed by atoms with Gasteiger partial charge in [-0.3, -0.25) is 0 Å². The van der Waals surface area contributed by atoms with E-state index in [9.17, 15) is 13.2 Å². The first kappa shape index (κ1) is 24.5. The second-order valence-electron chi connectivity index (χ2n) is 9.06. The van der Waals surface area contributed by atoms with Crippen molar-refractivity contribution in [3.63, 3.8) is 0 Å². The average molecular weight is 482 g/mol. The Morgan fingerprint density at radius 2 is 1.84 bits per heavy atom. The lowest BCUT2D eigenvalue weighted by Crippen LogP contribution is -2.37. The minimum atomic E-state index is -3.20. The number of hydrogen-bond donors (Lipinski definition) is 0. The molecule has 10 heteroatoms. The summed E-state index contributed by atoms with van der Waals surface area (Å²) in [5, 5.41) is 4.82. The van der Waals surface area contributed by atoms with Gasteiger partial charge in [-0.05, 0) is 57.9 Å². The van der Waals surface area contributed by atoms with Gasteiger partial charge in [0.05, 0.1) is 22.1 Å². The van der Waals surface area contributed by atoms with Crippen LogP contribution in [0.3, 0.4) is 0 Å². The van der Waals surface area contributed by atoms with Crippen molar-refractivity contribution in [3.8, 4) is 0 Å². The van der Waals surface area contributed by atoms with Gasteiger partial charge in [-0.1, -0.05) is 0 Å². The second-order valence-corrected chi connectivity index (χ2v) is 12.0. The van der Waals surface area contributed by atoms with E-state index in [1.54, 1.807) is 28.5 Å². The predicted molar refractivity (Wildman–Crippen MR) is 125 cm³/mol. The highest BCUT2D eigenvalue weighted by molar-refractivity contribution is 7.90. The molecule has 1 aliphatic rings. The standard InChI is InChI=1S/C22H31N3O5S2/c1-22(2,3)29-21(26)30-25-12-10-16(11-13-25)20-23-17(15-31-20)14-24(4)18-6-8-19(9-7-18)32(5,27)28/h6-9,15-16H,10-14H2,1-5H3. The van der Waals surface area contributed by atoms with Gasteiger partial charge >= 0.3 is 6.16 Å². The summed E-state index contributed by atoms with van der Waals surface area (Å²) in [6.07, 6.45) is 2.26. The number of benzene rings is 1. The zero-order chi connectivity index (χ0) is 23.5. The van der Waals surface area contributed by atoms with Crippen molar-refractivity contribution in [2.75, 3.05) is 31.3 Å². The quantitative estimate of drug-likeness (QED) is 0.567. The Labute approximate surface area is 194 Å². The van der Waals surface area contributed by atoms with Crippen LogP contribution >= 0.6 is 11.3 Å². The van der Waals surface area contributed by atoms with Gasteiger partial charge in [0.2, 0.25) is 0 Å². The summed E-state index contributed by atoms with van der Waals surface area (Å²) in [6, 6.07) is 6.87. The minimum Gasteiger partial charge on any atom is -0.427 e. The first-order valence-electron chi connectivity index (χ1n) is 10.5. The molecule has 0 amide bonds. The summed E-state index contributed by atoms with van der Waals surface area (Å²) in [7, 11) is -1.24. The molecule has 8 nitrogen and oxygen atoms in total. The molecule has 0 saturated carbocycles. The topological polar surface area (TPSA) is 89.0 Å². The molecule has 0 aliphatic carbocycles. The van der Waals surface area contributed by atoms with Crippen molar-refractivity contribution in [1.29, 1.82) is 0 Å². The van der Waals surface area contributed by atoms with Crippen LogP contribution in [0.5, 0.6) is 0 Å². The monoisotopic (exact) mass is 481 g/mol. The van der Waals surface area contributed by atoms with E-state index in [-0.39, 0.29) is 0 Å². The normalized spacial score (nSPS) is 16.0. The number of hydroxylamine groups is 2. The van der Waals surface area contributed by atoms with E-state index in [1.807, 2.05) is 44.9 Å². The molecule has 1 aromatic heterocycles. The Kier molecular flexibility index (Phi) is 7.46. The lowest BCUT2D eigenvalue weighted by Gasteiger charge is -2.30. The number of rotatable bonds is 6. The Balaban J connectivity index is 1.51. The molecular formula is C22H31N3O5S2. The molecule has 0 bridgehead atoms. The van der Waals surface area contributed by atoms with E-state index in [4.69, 9.17) is 14.6 Å². The van der Waals surface area contributed by atoms with Crippen molar-refractivity contribution in [1.82, 2.24) is 10.0 Å². The fourth-order valence-electron chi connectivity index (χ4n) is 3.43. The maximum absolute atomic E-state index is 11.8. The third-order valence-corrected chi connectivity index (χ3v) is 7.26. The number of sulfone groups is 1. The highest BCUT2D eigenvalue weighted by atomic mass is 32.2. The van der Waals surface area contributed by atoms with Crippen LogP contribution in [0.2, 0.25) is 0 Å². The molecule has 1 saturated heterocycles. The highest BCUT2D eigenvalue weighted by Crippen LogP contribution is 2.31. The molecule has 176 valence electrons. The predicted octanol–water partition coefficient (Wildman–Crippen LogP) is 4.23. The smallest absolute Gasteiger partial charge is 0.427 e. The lowest BCUT2D eigenvalue weighted by molar-refractivity contribution is -0.152. The zero-order valence-electron chi connectivity index (χ0n) is 19.2. The fraction of sp³-hybridized carbons (Fsp3) is 0.545. The summed E-state index contributed by atoms with van der Waals surface area (Å²) in [6.45, 7) is 7.35. The molecular weight excluding hydrogens is 450 g/mol. The van der Waals surface area contributed by atoms with Gasteiger partial charge < -0.3 is 14.5 Å². The average Bonchev–Trinajstić information content (AvgIpc) is 3.15. The number of carbonyl (C=O) groups excluding carboxylic acids is 1. The van der Waals surface area contributed by atoms with E-state index in [0.29, 0.717) is 30.4 Å². The Morgan fingerprint density at radius 1 is 1.22 bits per heavy atom. The maximum Gasteiger partial charge on any atom is 0.528 e. The van der Waals surface area contributed by atoms with Crippen molar-refractivity contribution in [2.45, 2.75) is 56.6 Å². The number of nitrogens with zero attached hydrogens (tertiary/aromatic N) is 3. The molecule has 1 aromatic carbocycles. The molecule has 32 heavy (non-hydrogen) atoms. The van der Waals surface area contributed by atoms with Crippen LogP contribution in [-0.2, 0) is 26.0 Å². The third kappa shape index (κ3) is 6.91. The third-order valence-electron chi connectivity index (χ3n) is 5.07. The molecule has 0 spiro atoms. The molecule has 3 rings (SSSR count). The van der Waals surface area contributed by atoms with Gasteiger partial charge in [0.1, 0.15) is 5.60 Å². The molecule has 1 fully saturated rings. The van der Waals surface area contributed by atoms with Gasteiger partial charge in [-0.15, -0.1) is 16.4 Å². The summed E-state index contributed by atoms with van der Waals surface area (Å²) in [4.78, 5) is 24.3. The van der Waals surface area contributed by atoms with Gasteiger partial charge in [0.25, 0.3) is 0 Å². The van der Waals surface area contributed by atoms with Crippen LogP contribution in [0, 0.1) is 0 Å². The summed E-state index contributed by atoms with van der Waals surface area (Å²) >= 11 is 1.65. The molecule has 0 radical (unpaired) electrons. The first-order valence-corrected chi connectivity index (χ1v) is 13.3. The summed E-state index contributed by atoms with van der Waals surface area (Å²) in [5.41, 5.74) is 1.34. The Morgan fingerprint density at radius 3 is 2.41 bits per heavy atom. The minimum absolute atomic E-state index is 0.313. The lowest BCUT2D eigenvalue weighted by atomic mass is 9.99. The molecule has 2 aromatic rings. The van der Waals surface area contributed by atoms with Crippen molar-refractivity contribution < 1.29 is 22.8 Å². The number of carbonyl (C=O) groups is 1. The number of anilines is 1. The highest BCUT2D eigenvalue weighted by Gasteiger charge is 2.27. The van der Waals surface area contributed by atoms with Crippen LogP contribution in [0.4, 0.5) is 10.5 Å². The molecule has 2 heterocycles. The molecule has 0 N–H and O–H groups in total. The Hall–Kier alpha value is -2.17. The van der Waals surface area contributed by atoms with Gasteiger partial charge in [0.15, 0.2) is 9.84 Å².